The van der Waals surface area contributed by atoms with Crippen molar-refractivity contribution in [3.8, 4) is 0 Å². The predicted octanol–water partition coefficient (Wildman–Crippen LogP) is 2.21. The first-order valence-electron chi connectivity index (χ1n) is 4.59. The number of pyridine rings is 2. The maximum Gasteiger partial charge on any atom is 0.258 e. The Bertz CT molecular complexity index is 583. The molecule has 3 nitrogen and oxygen atoms in total. The van der Waals surface area contributed by atoms with E-state index in [-0.39, 0.29) is 12.9 Å². The molecule has 0 saturated heterocycles. The normalized spacial score (nSPS) is 13.7. The van der Waals surface area contributed by atoms with E-state index in [4.69, 9.17) is 0 Å². The van der Waals surface area contributed by atoms with Gasteiger partial charge in [-0.3, -0.25) is 9.78 Å². The fourth-order valence-corrected chi connectivity index (χ4v) is 5.07. The van der Waals surface area contributed by atoms with Crippen molar-refractivity contribution in [2.24, 2.45) is 7.05 Å². The van der Waals surface area contributed by atoms with Crippen LogP contribution in [0.3, 0.4) is 0 Å². The smallest absolute Gasteiger partial charge is 0.258 e. The number of hydrogen-bond donors (Lipinski definition) is 0. The molecule has 16 heavy (non-hydrogen) atoms. The molecule has 2 aromatic heterocycles. The summed E-state index contributed by atoms with van der Waals surface area (Å²) < 4.78 is 1.62. The van der Waals surface area contributed by atoms with Crippen molar-refractivity contribution in [3.63, 3.8) is 0 Å². The summed E-state index contributed by atoms with van der Waals surface area (Å²) in [5.41, 5.74) is 0.0631. The molecule has 0 aromatic carbocycles. The van der Waals surface area contributed by atoms with Crippen LogP contribution in [0.15, 0.2) is 29.5 Å². The third-order valence-corrected chi connectivity index (χ3v) is 12.4. The number of hydrogen-bond acceptors (Lipinski definition) is 2. The Morgan fingerprint density at radius 3 is 2.94 bits per heavy atom. The van der Waals surface area contributed by atoms with Crippen LogP contribution in [0.25, 0.3) is 10.8 Å². The molecule has 0 bridgehead atoms. The van der Waals surface area contributed by atoms with Crippen molar-refractivity contribution in [2.75, 3.05) is 0 Å². The molecule has 4 unspecified atom stereocenters. The van der Waals surface area contributed by atoms with Gasteiger partial charge in [-0.1, -0.05) is 7.96 Å². The largest absolute Gasteiger partial charge is 0.318 e. The maximum absolute atomic E-state index is 12.1. The number of rotatable bonds is 2. The van der Waals surface area contributed by atoms with Crippen molar-refractivity contribution in [1.29, 1.82) is 0 Å². The molecule has 0 amide bonds. The molecular formula is C9H12N2OP4. The molecule has 2 heterocycles. The molecule has 4 atom stereocenters. The molecule has 0 spiro atoms. The number of aryl methyl sites for hydroxylation is 1. The lowest BCUT2D eigenvalue weighted by molar-refractivity contribution is 0.873. The van der Waals surface area contributed by atoms with Crippen molar-refractivity contribution in [1.82, 2.24) is 9.55 Å². The van der Waals surface area contributed by atoms with Gasteiger partial charge in [-0.25, -0.2) is 0 Å². The Hall–Kier alpha value is 0.0800. The summed E-state index contributed by atoms with van der Waals surface area (Å²) in [6.45, 7) is 0. The lowest BCUT2D eigenvalue weighted by Crippen LogP contribution is -2.20. The monoisotopic (exact) mass is 288 g/mol. The van der Waals surface area contributed by atoms with E-state index in [2.05, 4.69) is 22.8 Å². The van der Waals surface area contributed by atoms with Gasteiger partial charge in [0.25, 0.3) is 5.56 Å². The van der Waals surface area contributed by atoms with E-state index in [9.17, 15) is 4.79 Å². The molecule has 2 rings (SSSR count). The third-order valence-electron chi connectivity index (χ3n) is 2.37. The van der Waals surface area contributed by atoms with Crippen molar-refractivity contribution < 1.29 is 0 Å². The van der Waals surface area contributed by atoms with E-state index in [0.717, 1.165) is 24.0 Å². The molecule has 0 aliphatic heterocycles. The molecule has 0 fully saturated rings. The van der Waals surface area contributed by atoms with E-state index in [1.54, 1.807) is 24.0 Å². The van der Waals surface area contributed by atoms with E-state index in [0.29, 0.717) is 0 Å². The molecule has 0 saturated carbocycles. The summed E-state index contributed by atoms with van der Waals surface area (Å²) in [7, 11) is 7.70. The Labute approximate surface area is 101 Å². The third kappa shape index (κ3) is 2.20. The second-order valence-corrected chi connectivity index (χ2v) is 12.5. The van der Waals surface area contributed by atoms with Crippen LogP contribution in [0.5, 0.6) is 0 Å². The lowest BCUT2D eigenvalue weighted by Gasteiger charge is -2.11. The van der Waals surface area contributed by atoms with Crippen LogP contribution < -0.4 is 10.9 Å². The van der Waals surface area contributed by atoms with E-state index < -0.39 is 0 Å². The Morgan fingerprint density at radius 1 is 1.50 bits per heavy atom. The molecule has 2 aromatic rings. The van der Waals surface area contributed by atoms with Gasteiger partial charge in [0.1, 0.15) is 0 Å². The van der Waals surface area contributed by atoms with Gasteiger partial charge in [-0.2, -0.15) is 0 Å². The minimum Gasteiger partial charge on any atom is -0.318 e. The zero-order chi connectivity index (χ0) is 11.7. The minimum absolute atomic E-state index is 0.0631. The first-order chi connectivity index (χ1) is 7.65. The summed E-state index contributed by atoms with van der Waals surface area (Å²) in [4.78, 5) is 16.3. The van der Waals surface area contributed by atoms with Gasteiger partial charge in [-0.05, 0) is 13.4 Å². The van der Waals surface area contributed by atoms with Crippen LogP contribution >= 0.6 is 33.1 Å². The number of aromatic nitrogens is 2. The number of nitrogens with zero attached hydrogens (tertiary/aromatic N) is 2. The highest BCUT2D eigenvalue weighted by Crippen LogP contribution is 2.65. The molecule has 0 radical (unpaired) electrons. The minimum atomic E-state index is -0.370. The Kier molecular flexibility index (Phi) is 4.04. The van der Waals surface area contributed by atoms with Gasteiger partial charge in [0, 0.05) is 36.3 Å². The number of fused-ring (bicyclic) bond motifs is 1. The van der Waals surface area contributed by atoms with Crippen LogP contribution in [-0.4, -0.2) is 9.55 Å². The summed E-state index contributed by atoms with van der Waals surface area (Å²) in [5.74, 6) is 0. The van der Waals surface area contributed by atoms with Crippen molar-refractivity contribution >= 4 is 49.2 Å². The van der Waals surface area contributed by atoms with Gasteiger partial charge in [-0.15, -0.1) is 17.9 Å². The average molecular weight is 288 g/mol. The highest BCUT2D eigenvalue weighted by molar-refractivity contribution is 8.63. The quantitative estimate of drug-likeness (QED) is 0.794. The zero-order valence-electron chi connectivity index (χ0n) is 8.71. The summed E-state index contributed by atoms with van der Waals surface area (Å²) in [6.07, 6.45) is 5.35. The van der Waals surface area contributed by atoms with E-state index >= 15 is 0 Å². The maximum atomic E-state index is 12.1. The van der Waals surface area contributed by atoms with Crippen LogP contribution in [0, 0.1) is 0 Å². The molecule has 84 valence electrons. The van der Waals surface area contributed by atoms with Crippen LogP contribution in [0.4, 0.5) is 0 Å². The summed E-state index contributed by atoms with van der Waals surface area (Å²) >= 11 is 0. The second-order valence-electron chi connectivity index (χ2n) is 3.35. The second kappa shape index (κ2) is 5.16. The highest BCUT2D eigenvalue weighted by Gasteiger charge is 2.11. The first-order valence-corrected chi connectivity index (χ1v) is 11.2. The summed E-state index contributed by atoms with van der Waals surface area (Å²) in [6, 6.07) is 1.94. The lowest BCUT2D eigenvalue weighted by atomic mass is 10.2. The van der Waals surface area contributed by atoms with Crippen LogP contribution in [0.1, 0.15) is 0 Å². The molecular weight excluding hydrogens is 276 g/mol. The molecule has 7 heteroatoms. The van der Waals surface area contributed by atoms with E-state index in [1.807, 2.05) is 12.3 Å². The SMILES string of the molecule is Cn1ccc2cncc(P(P)PP)c2c1=O. The Balaban J connectivity index is 2.85. The Morgan fingerprint density at radius 2 is 2.25 bits per heavy atom. The van der Waals surface area contributed by atoms with Crippen LogP contribution in [0.2, 0.25) is 0 Å². The fraction of sp³-hybridized carbons (Fsp3) is 0.111. The van der Waals surface area contributed by atoms with E-state index in [1.165, 1.54) is 0 Å². The van der Waals surface area contributed by atoms with Gasteiger partial charge >= 0.3 is 0 Å². The standard InChI is InChI=1S/C9H12N2OP4/c1-11-3-2-6-4-10-5-7(16(14)15-13)8(6)9(11)12/h2-5,15H,13-14H2,1H3. The van der Waals surface area contributed by atoms with Crippen LogP contribution in [-0.2, 0) is 7.05 Å². The average Bonchev–Trinajstić information content (AvgIpc) is 2.32. The van der Waals surface area contributed by atoms with Crippen molar-refractivity contribution in [2.45, 2.75) is 0 Å². The first kappa shape index (κ1) is 12.5. The molecule has 0 N–H and O–H groups in total. The van der Waals surface area contributed by atoms with Gasteiger partial charge in [0.2, 0.25) is 0 Å². The van der Waals surface area contributed by atoms with Gasteiger partial charge in [0.15, 0.2) is 0 Å². The highest BCUT2D eigenvalue weighted by atomic mass is 32.6. The topological polar surface area (TPSA) is 34.9 Å². The molecule has 0 aliphatic carbocycles. The predicted molar refractivity (Wildman–Crippen MR) is 81.3 cm³/mol. The fourth-order valence-electron chi connectivity index (χ4n) is 1.51. The molecule has 0 aliphatic rings. The zero-order valence-corrected chi connectivity index (χ0v) is 12.9. The van der Waals surface area contributed by atoms with Gasteiger partial charge in [0.05, 0.1) is 5.39 Å². The summed E-state index contributed by atoms with van der Waals surface area (Å²) in [5, 5.41) is 2.82. The van der Waals surface area contributed by atoms with Crippen molar-refractivity contribution in [3.05, 3.63) is 35.0 Å². The van der Waals surface area contributed by atoms with Gasteiger partial charge < -0.3 is 4.57 Å².